The van der Waals surface area contributed by atoms with E-state index in [2.05, 4.69) is 28.4 Å². The summed E-state index contributed by atoms with van der Waals surface area (Å²) in [7, 11) is 0. The maximum atomic E-state index is 12.3. The number of halogens is 2. The quantitative estimate of drug-likeness (QED) is 0.601. The maximum Gasteiger partial charge on any atom is 0.251 e. The van der Waals surface area contributed by atoms with Gasteiger partial charge in [0.1, 0.15) is 0 Å². The fourth-order valence-corrected chi connectivity index (χ4v) is 4.15. The lowest BCUT2D eigenvalue weighted by molar-refractivity contribution is 0.0955. The van der Waals surface area contributed by atoms with E-state index in [1.54, 1.807) is 6.07 Å². The smallest absolute Gasteiger partial charge is 0.251 e. The minimum Gasteiger partial charge on any atom is -0.351 e. The van der Waals surface area contributed by atoms with Crippen molar-refractivity contribution in [3.63, 3.8) is 0 Å². The van der Waals surface area contributed by atoms with E-state index < -0.39 is 0 Å². The summed E-state index contributed by atoms with van der Waals surface area (Å²) in [6.07, 6.45) is 0.954. The molecule has 0 radical (unpaired) electrons. The lowest BCUT2D eigenvalue weighted by Crippen LogP contribution is -2.28. The van der Waals surface area contributed by atoms with Crippen molar-refractivity contribution in [3.05, 3.63) is 81.8 Å². The van der Waals surface area contributed by atoms with Crippen molar-refractivity contribution in [1.82, 2.24) is 5.32 Å². The molecule has 0 spiro atoms. The maximum absolute atomic E-state index is 12.3. The predicted octanol–water partition coefficient (Wildman–Crippen LogP) is 5.04. The van der Waals surface area contributed by atoms with Crippen molar-refractivity contribution in [2.24, 2.45) is 5.73 Å². The van der Waals surface area contributed by atoms with Crippen molar-refractivity contribution in [1.29, 1.82) is 0 Å². The first-order chi connectivity index (χ1) is 14.1. The number of hydrogen-bond donors (Lipinski definition) is 2. The van der Waals surface area contributed by atoms with Gasteiger partial charge < -0.3 is 16.0 Å². The molecule has 4 nitrogen and oxygen atoms in total. The third kappa shape index (κ3) is 4.10. The molecule has 3 N–H and O–H groups in total. The van der Waals surface area contributed by atoms with E-state index in [9.17, 15) is 4.79 Å². The molecule has 0 fully saturated rings. The van der Waals surface area contributed by atoms with E-state index in [-0.39, 0.29) is 5.91 Å². The molecule has 148 valence electrons. The first kappa shape index (κ1) is 19.8. The topological polar surface area (TPSA) is 58.4 Å². The number of nitrogens with two attached hydrogens (primary N) is 1. The minimum absolute atomic E-state index is 0.118. The Labute approximate surface area is 180 Å². The number of benzene rings is 3. The van der Waals surface area contributed by atoms with Gasteiger partial charge in [-0.05, 0) is 59.5 Å². The van der Waals surface area contributed by atoms with Crippen LogP contribution in [0.25, 0.3) is 11.1 Å². The Morgan fingerprint density at radius 3 is 2.62 bits per heavy atom. The third-order valence-electron chi connectivity index (χ3n) is 5.07. The molecule has 3 aromatic rings. The minimum atomic E-state index is -0.118. The van der Waals surface area contributed by atoms with Crippen LogP contribution < -0.4 is 16.0 Å². The van der Waals surface area contributed by atoms with Crippen molar-refractivity contribution >= 4 is 40.5 Å². The molecule has 1 aliphatic rings. The van der Waals surface area contributed by atoms with Crippen LogP contribution >= 0.6 is 23.2 Å². The van der Waals surface area contributed by atoms with Crippen LogP contribution in [0.3, 0.4) is 0 Å². The van der Waals surface area contributed by atoms with E-state index in [1.165, 1.54) is 5.56 Å². The van der Waals surface area contributed by atoms with Crippen LogP contribution in [-0.2, 0) is 6.42 Å². The molecule has 0 atom stereocenters. The first-order valence-corrected chi connectivity index (χ1v) is 10.3. The molecule has 4 rings (SSSR count). The van der Waals surface area contributed by atoms with Gasteiger partial charge in [0.15, 0.2) is 0 Å². The molecule has 1 heterocycles. The fraction of sp³-hybridized carbons (Fsp3) is 0.174. The molecule has 1 amide bonds. The van der Waals surface area contributed by atoms with Gasteiger partial charge in [0.2, 0.25) is 0 Å². The molecule has 0 aromatic heterocycles. The number of fused-ring (bicyclic) bond motifs is 1. The standard InChI is InChI=1S/C23H21Cl2N3O/c24-19-6-7-21(20(25)14-19)28-11-8-15-4-5-17(13-22(15)28)16-2-1-3-18(12-16)23(29)27-10-9-26/h1-7,12-14H,8-11,26H2,(H,27,29). The van der Waals surface area contributed by atoms with Crippen LogP contribution in [0, 0.1) is 0 Å². The largest absolute Gasteiger partial charge is 0.351 e. The van der Waals surface area contributed by atoms with Gasteiger partial charge in [-0.1, -0.05) is 47.5 Å². The summed E-state index contributed by atoms with van der Waals surface area (Å²) < 4.78 is 0. The number of anilines is 2. The second kappa shape index (κ2) is 8.46. The van der Waals surface area contributed by atoms with Crippen LogP contribution in [0.2, 0.25) is 10.0 Å². The third-order valence-corrected chi connectivity index (χ3v) is 5.61. The number of amides is 1. The molecule has 6 heteroatoms. The Balaban J connectivity index is 1.67. The first-order valence-electron chi connectivity index (χ1n) is 9.51. The number of carbonyl (C=O) groups excluding carboxylic acids is 1. The second-order valence-electron chi connectivity index (χ2n) is 6.97. The molecule has 0 unspecified atom stereocenters. The van der Waals surface area contributed by atoms with Gasteiger partial charge in [0.25, 0.3) is 5.91 Å². The Kier molecular flexibility index (Phi) is 5.76. The molecule has 0 bridgehead atoms. The van der Waals surface area contributed by atoms with Crippen molar-refractivity contribution in [2.45, 2.75) is 6.42 Å². The summed E-state index contributed by atoms with van der Waals surface area (Å²) in [6, 6.07) is 19.6. The average molecular weight is 426 g/mol. The van der Waals surface area contributed by atoms with Gasteiger partial charge in [-0.15, -0.1) is 0 Å². The Morgan fingerprint density at radius 2 is 1.83 bits per heavy atom. The van der Waals surface area contributed by atoms with Crippen LogP contribution in [-0.4, -0.2) is 25.5 Å². The fourth-order valence-electron chi connectivity index (χ4n) is 3.64. The van der Waals surface area contributed by atoms with E-state index in [4.69, 9.17) is 28.9 Å². The highest BCUT2D eigenvalue weighted by Gasteiger charge is 2.23. The zero-order chi connectivity index (χ0) is 20.4. The number of rotatable bonds is 5. The molecule has 0 aliphatic carbocycles. The average Bonchev–Trinajstić information content (AvgIpc) is 3.15. The Bertz CT molecular complexity index is 1070. The predicted molar refractivity (Wildman–Crippen MR) is 120 cm³/mol. The molecule has 29 heavy (non-hydrogen) atoms. The van der Waals surface area contributed by atoms with Gasteiger partial charge >= 0.3 is 0 Å². The van der Waals surface area contributed by atoms with E-state index in [0.717, 1.165) is 35.5 Å². The second-order valence-corrected chi connectivity index (χ2v) is 7.81. The summed E-state index contributed by atoms with van der Waals surface area (Å²) in [5.74, 6) is -0.118. The van der Waals surface area contributed by atoms with Crippen molar-refractivity contribution < 1.29 is 4.79 Å². The SMILES string of the molecule is NCCNC(=O)c1cccc(-c2ccc3c(c2)N(c2ccc(Cl)cc2Cl)CC3)c1. The summed E-state index contributed by atoms with van der Waals surface area (Å²) >= 11 is 12.5. The summed E-state index contributed by atoms with van der Waals surface area (Å²) in [5.41, 5.74) is 11.5. The molecule has 0 saturated carbocycles. The summed E-state index contributed by atoms with van der Waals surface area (Å²) in [5, 5.41) is 4.07. The molecular weight excluding hydrogens is 405 g/mol. The van der Waals surface area contributed by atoms with E-state index >= 15 is 0 Å². The van der Waals surface area contributed by atoms with Gasteiger partial charge in [0.05, 0.1) is 10.7 Å². The van der Waals surface area contributed by atoms with Crippen LogP contribution in [0.1, 0.15) is 15.9 Å². The van der Waals surface area contributed by atoms with Crippen molar-refractivity contribution in [2.75, 3.05) is 24.5 Å². The lowest BCUT2D eigenvalue weighted by atomic mass is 10.00. The molecule has 3 aromatic carbocycles. The highest BCUT2D eigenvalue weighted by atomic mass is 35.5. The highest BCUT2D eigenvalue weighted by molar-refractivity contribution is 6.36. The van der Waals surface area contributed by atoms with Crippen LogP contribution in [0.5, 0.6) is 0 Å². The number of carbonyl (C=O) groups is 1. The highest BCUT2D eigenvalue weighted by Crippen LogP contribution is 2.40. The van der Waals surface area contributed by atoms with E-state index in [1.807, 2.05) is 36.4 Å². The van der Waals surface area contributed by atoms with Gasteiger partial charge in [-0.2, -0.15) is 0 Å². The normalized spacial score (nSPS) is 12.7. The van der Waals surface area contributed by atoms with Gasteiger partial charge in [-0.3, -0.25) is 4.79 Å². The molecule has 0 saturated heterocycles. The Morgan fingerprint density at radius 1 is 1.00 bits per heavy atom. The van der Waals surface area contributed by atoms with Crippen LogP contribution in [0.15, 0.2) is 60.7 Å². The Hall–Kier alpha value is -2.53. The molecule has 1 aliphatic heterocycles. The number of nitrogens with zero attached hydrogens (tertiary/aromatic N) is 1. The van der Waals surface area contributed by atoms with E-state index in [0.29, 0.717) is 28.7 Å². The van der Waals surface area contributed by atoms with Gasteiger partial charge in [0, 0.05) is 35.9 Å². The zero-order valence-electron chi connectivity index (χ0n) is 15.8. The number of hydrogen-bond acceptors (Lipinski definition) is 3. The lowest BCUT2D eigenvalue weighted by Gasteiger charge is -2.21. The number of nitrogens with one attached hydrogen (secondary N) is 1. The molecular formula is C23H21Cl2N3O. The van der Waals surface area contributed by atoms with Crippen molar-refractivity contribution in [3.8, 4) is 11.1 Å². The zero-order valence-corrected chi connectivity index (χ0v) is 17.3. The van der Waals surface area contributed by atoms with Gasteiger partial charge in [-0.25, -0.2) is 0 Å². The van der Waals surface area contributed by atoms with Crippen LogP contribution in [0.4, 0.5) is 11.4 Å². The monoisotopic (exact) mass is 425 g/mol. The summed E-state index contributed by atoms with van der Waals surface area (Å²) in [6.45, 7) is 1.74. The summed E-state index contributed by atoms with van der Waals surface area (Å²) in [4.78, 5) is 14.5.